The average Bonchev–Trinajstić information content (AvgIpc) is 3.55. The predicted octanol–water partition coefficient (Wildman–Crippen LogP) is 11.9. The maximum atomic E-state index is 6.13. The van der Waals surface area contributed by atoms with Crippen LogP contribution in [-0.4, -0.2) is 73.7 Å². The molecular weight excluding hydrogens is 676 g/mol. The molecule has 2 fully saturated rings. The van der Waals surface area contributed by atoms with Gasteiger partial charge in [0.05, 0.1) is 5.02 Å². The highest BCUT2D eigenvalue weighted by Gasteiger charge is 2.45. The Morgan fingerprint density at radius 3 is 1.47 bits per heavy atom. The van der Waals surface area contributed by atoms with Gasteiger partial charge in [-0.25, -0.2) is 9.97 Å². The van der Waals surface area contributed by atoms with E-state index in [1.54, 1.807) is 6.20 Å². The van der Waals surface area contributed by atoms with Gasteiger partial charge in [0.25, 0.3) is 0 Å². The molecule has 3 N–H and O–H groups in total. The maximum absolute atomic E-state index is 6.13. The topological polar surface area (TPSA) is 79.5 Å². The molecule has 2 saturated heterocycles. The molecule has 0 saturated carbocycles. The zero-order valence-electron chi connectivity index (χ0n) is 37.3. The average molecular weight is 762 g/mol. The minimum atomic E-state index is 0. The first kappa shape index (κ1) is 51.1. The van der Waals surface area contributed by atoms with E-state index in [2.05, 4.69) is 142 Å². The number of hydrogen-bond donors (Lipinski definition) is 2. The van der Waals surface area contributed by atoms with Crippen LogP contribution in [0.15, 0.2) is 36.7 Å². The Morgan fingerprint density at radius 1 is 0.679 bits per heavy atom. The fraction of sp³-hybridized carbons (Fsp3) is 0.778. The number of anilines is 1. The number of hydrogen-bond acceptors (Lipinski definition) is 7. The first-order chi connectivity index (χ1) is 23.1. The van der Waals surface area contributed by atoms with Gasteiger partial charge in [0.1, 0.15) is 11.9 Å². The van der Waals surface area contributed by atoms with Gasteiger partial charge in [0.15, 0.2) is 0 Å². The summed E-state index contributed by atoms with van der Waals surface area (Å²) < 4.78 is 6.13. The molecule has 0 aliphatic carbocycles. The standard InChI is InChI=1S/C18H30N2O.C17H28ClN3.C5H12.C4H11N.CH4/c1-13-8-9-16(19-11-13)21-14-10-15(17(2,3)4)20(12-14)18(5,6)7;1-16(2,3)14-9-13(11-21(14)17(4,5)6)20-15-8-7-12(18)10-19-15;1-5(2,3)4;1-4(2,3)5;/h8-9,11,14-15H,10,12H2,1-7H3;7-8,10,13-14H,9,11H2,1-6H3,(H,19,20);1-4H3;5H2,1-3H3;1H4. The fourth-order valence-electron chi connectivity index (χ4n) is 6.31. The van der Waals surface area contributed by atoms with E-state index in [1.807, 2.05) is 52.1 Å². The van der Waals surface area contributed by atoms with Crippen LogP contribution in [0.2, 0.25) is 5.02 Å². The quantitative estimate of drug-likeness (QED) is 0.321. The van der Waals surface area contributed by atoms with Crippen LogP contribution in [0.5, 0.6) is 5.88 Å². The molecule has 0 radical (unpaired) electrons. The SMILES string of the molecule is C.CC(C)(C)C.CC(C)(C)C1CC(Nc2ccc(Cl)cn2)CN1C(C)(C)C.CC(C)(C)N.Cc1ccc(OC2CC(C(C)(C)C)N(C(C)(C)C)C2)nc1. The first-order valence-electron chi connectivity index (χ1n) is 19.4. The second kappa shape index (κ2) is 19.8. The highest BCUT2D eigenvalue weighted by molar-refractivity contribution is 6.30. The zero-order valence-corrected chi connectivity index (χ0v) is 38.0. The Kier molecular flexibility index (Phi) is 19.1. The van der Waals surface area contributed by atoms with Gasteiger partial charge in [-0.2, -0.15) is 0 Å². The molecule has 8 heteroatoms. The van der Waals surface area contributed by atoms with Crippen molar-refractivity contribution in [1.82, 2.24) is 19.8 Å². The van der Waals surface area contributed by atoms with Crippen molar-refractivity contribution in [2.45, 2.75) is 200 Å². The third-order valence-corrected chi connectivity index (χ3v) is 8.76. The number of likely N-dealkylation sites (tertiary alicyclic amines) is 2. The lowest BCUT2D eigenvalue weighted by atomic mass is 9.83. The van der Waals surface area contributed by atoms with Crippen molar-refractivity contribution in [3.63, 3.8) is 0 Å². The predicted molar refractivity (Wildman–Crippen MR) is 234 cm³/mol. The van der Waals surface area contributed by atoms with E-state index in [9.17, 15) is 0 Å². The molecule has 53 heavy (non-hydrogen) atoms. The number of aromatic nitrogens is 2. The van der Waals surface area contributed by atoms with Gasteiger partial charge in [-0.15, -0.1) is 0 Å². The van der Waals surface area contributed by atoms with Crippen LogP contribution in [0.25, 0.3) is 0 Å². The molecule has 0 aromatic carbocycles. The number of ether oxygens (including phenoxy) is 1. The lowest BCUT2D eigenvalue weighted by molar-refractivity contribution is 0.0557. The van der Waals surface area contributed by atoms with Crippen LogP contribution >= 0.6 is 11.6 Å². The van der Waals surface area contributed by atoms with Crippen molar-refractivity contribution >= 4 is 17.4 Å². The zero-order chi connectivity index (χ0) is 40.7. The van der Waals surface area contributed by atoms with Crippen LogP contribution in [0.3, 0.4) is 0 Å². The smallest absolute Gasteiger partial charge is 0.213 e. The number of rotatable bonds is 4. The Balaban J connectivity index is 0.000000802. The van der Waals surface area contributed by atoms with Crippen LogP contribution in [-0.2, 0) is 0 Å². The normalized spacial score (nSPS) is 21.5. The summed E-state index contributed by atoms with van der Waals surface area (Å²) in [5.41, 5.74) is 7.90. The van der Waals surface area contributed by atoms with Crippen LogP contribution < -0.4 is 15.8 Å². The fourth-order valence-corrected chi connectivity index (χ4v) is 6.43. The largest absolute Gasteiger partial charge is 0.473 e. The molecule has 0 bridgehead atoms. The molecule has 2 aromatic heterocycles. The molecule has 2 aliphatic rings. The molecule has 7 nitrogen and oxygen atoms in total. The molecule has 0 amide bonds. The molecule has 2 aromatic rings. The number of nitrogens with two attached hydrogens (primary N) is 1. The van der Waals surface area contributed by atoms with Crippen molar-refractivity contribution < 1.29 is 4.74 Å². The lowest BCUT2D eigenvalue weighted by Gasteiger charge is -2.42. The monoisotopic (exact) mass is 761 g/mol. The number of nitrogens with one attached hydrogen (secondary N) is 1. The highest BCUT2D eigenvalue weighted by atomic mass is 35.5. The van der Waals surface area contributed by atoms with Crippen molar-refractivity contribution in [2.24, 2.45) is 22.0 Å². The minimum Gasteiger partial charge on any atom is -0.473 e. The second-order valence-corrected chi connectivity index (χ2v) is 22.3. The van der Waals surface area contributed by atoms with Crippen molar-refractivity contribution in [3.05, 3.63) is 47.2 Å². The minimum absolute atomic E-state index is 0. The van der Waals surface area contributed by atoms with Crippen LogP contribution in [0, 0.1) is 23.2 Å². The van der Waals surface area contributed by atoms with E-state index in [-0.39, 0.29) is 41.0 Å². The Hall–Kier alpha value is -1.93. The third kappa shape index (κ3) is 21.1. The summed E-state index contributed by atoms with van der Waals surface area (Å²) in [6, 6.07) is 9.40. The lowest BCUT2D eigenvalue weighted by Crippen LogP contribution is -2.49. The summed E-state index contributed by atoms with van der Waals surface area (Å²) in [5, 5.41) is 4.24. The Morgan fingerprint density at radius 2 is 1.13 bits per heavy atom. The van der Waals surface area contributed by atoms with E-state index in [0.29, 0.717) is 28.6 Å². The molecule has 4 heterocycles. The first-order valence-corrected chi connectivity index (χ1v) is 19.8. The van der Waals surface area contributed by atoms with E-state index >= 15 is 0 Å². The van der Waals surface area contributed by atoms with Gasteiger partial charge in [-0.05, 0) is 110 Å². The molecule has 4 atom stereocenters. The summed E-state index contributed by atoms with van der Waals surface area (Å²) in [4.78, 5) is 13.9. The molecule has 4 rings (SSSR count). The van der Waals surface area contributed by atoms with Crippen molar-refractivity contribution in [3.8, 4) is 5.88 Å². The summed E-state index contributed by atoms with van der Waals surface area (Å²) in [7, 11) is 0. The van der Waals surface area contributed by atoms with E-state index in [1.165, 1.54) is 0 Å². The molecule has 308 valence electrons. The summed E-state index contributed by atoms with van der Waals surface area (Å²) in [6.45, 7) is 46.5. The van der Waals surface area contributed by atoms with E-state index in [0.717, 1.165) is 43.2 Å². The van der Waals surface area contributed by atoms with Gasteiger partial charge in [0.2, 0.25) is 5.88 Å². The summed E-state index contributed by atoms with van der Waals surface area (Å²) in [5.74, 6) is 1.65. The second-order valence-electron chi connectivity index (χ2n) is 21.9. The van der Waals surface area contributed by atoms with Gasteiger partial charge in [-0.1, -0.05) is 94.3 Å². The Labute approximate surface area is 334 Å². The number of aryl methyl sites for hydroxylation is 1. The van der Waals surface area contributed by atoms with Crippen molar-refractivity contribution in [2.75, 3.05) is 18.4 Å². The van der Waals surface area contributed by atoms with Crippen LogP contribution in [0.4, 0.5) is 5.82 Å². The highest BCUT2D eigenvalue weighted by Crippen LogP contribution is 2.39. The molecule has 4 unspecified atom stereocenters. The third-order valence-electron chi connectivity index (χ3n) is 8.54. The van der Waals surface area contributed by atoms with Gasteiger partial charge < -0.3 is 15.8 Å². The van der Waals surface area contributed by atoms with Crippen LogP contribution in [0.1, 0.15) is 157 Å². The summed E-state index contributed by atoms with van der Waals surface area (Å²) in [6.07, 6.45) is 6.00. The molecular formula is C45H85ClN6O. The van der Waals surface area contributed by atoms with E-state index < -0.39 is 0 Å². The summed E-state index contributed by atoms with van der Waals surface area (Å²) >= 11 is 5.90. The number of halogens is 1. The maximum Gasteiger partial charge on any atom is 0.213 e. The molecule has 2 aliphatic heterocycles. The number of pyridine rings is 2. The van der Waals surface area contributed by atoms with Gasteiger partial charge >= 0.3 is 0 Å². The molecule has 0 spiro atoms. The van der Waals surface area contributed by atoms with Gasteiger partial charge in [-0.3, -0.25) is 9.80 Å². The Bertz CT molecular complexity index is 1140. The van der Waals surface area contributed by atoms with Gasteiger partial charge in [0, 0.05) is 72.7 Å². The number of nitrogens with zero attached hydrogens (tertiary/aromatic N) is 4. The van der Waals surface area contributed by atoms with E-state index in [4.69, 9.17) is 22.1 Å². The van der Waals surface area contributed by atoms with Crippen molar-refractivity contribution in [1.29, 1.82) is 0 Å².